The molecule has 62 heavy (non-hydrogen) atoms. The second-order valence-electron chi connectivity index (χ2n) is 16.7. The number of imidazole rings is 1. The van der Waals surface area contributed by atoms with Gasteiger partial charge in [0.25, 0.3) is 0 Å². The predicted octanol–water partition coefficient (Wildman–Crippen LogP) is -3.83. The minimum absolute atomic E-state index is 0.0540. The molecular weight excluding hydrogens is 733 g/mol. The number of rotatable bonds is 4. The minimum atomic E-state index is -1.39. The first-order valence-electron chi connectivity index (χ1n) is 19.8. The van der Waals surface area contributed by atoms with Gasteiger partial charge in [0.2, 0.25) is 0 Å². The highest BCUT2D eigenvalue weighted by Crippen LogP contribution is 2.51. The van der Waals surface area contributed by atoms with Crippen LogP contribution in [-0.4, -0.2) is 112 Å². The first kappa shape index (κ1) is 40.9. The van der Waals surface area contributed by atoms with Crippen LogP contribution < -0.4 is 71.0 Å². The quantitative estimate of drug-likeness (QED) is 0.133. The van der Waals surface area contributed by atoms with E-state index in [2.05, 4.69) is 44.2 Å². The molecule has 8 aromatic rings. The monoisotopic (exact) mass is 756 g/mol. The third kappa shape index (κ3) is 5.20. The summed E-state index contributed by atoms with van der Waals surface area (Å²) < 4.78 is 1.97. The molecule has 0 spiro atoms. The predicted molar refractivity (Wildman–Crippen MR) is 275 cm³/mol. The number of aromatic nitrogens is 2. The normalized spacial score (nSPS) is 14.6. The molecule has 15 heteroatoms. The van der Waals surface area contributed by atoms with E-state index >= 15 is 0 Å². The molecule has 0 saturated heterocycles. The van der Waals surface area contributed by atoms with Gasteiger partial charge in [-0.15, -0.1) is 38.2 Å². The zero-order valence-corrected chi connectivity index (χ0v) is 34.1. The standard InChI is InChI=1S/C47H21B13N2/c1-46(2)21-10-4-3-9-19(21)20-14-13-18(17-22(20)46)25-26-28(34(50)40(56)38(54)32(26)48)31(29-27(25)33(49)39(55)41(57)35(29)51)47(15-7-8-16-47)62-24-12-6-5-11-23(24)61-45(62)30-36(52)42(58)44(60)43(59)37(30)53/h3-17H,1-2H3. The molecule has 2 aliphatic rings. The summed E-state index contributed by atoms with van der Waals surface area (Å²) in [5.41, 5.74) is 7.45. The van der Waals surface area contributed by atoms with E-state index in [0.29, 0.717) is 49.5 Å². The molecule has 0 fully saturated rings. The smallest absolute Gasteiger partial charge is 0.141 e. The summed E-state index contributed by atoms with van der Waals surface area (Å²) in [6.45, 7) is 4.41. The van der Waals surface area contributed by atoms with Gasteiger partial charge in [-0.25, -0.2) is 4.98 Å². The number of hydrogen-bond acceptors (Lipinski definition) is 1. The second kappa shape index (κ2) is 13.9. The van der Waals surface area contributed by atoms with E-state index in [1.54, 1.807) is 0 Å². The van der Waals surface area contributed by atoms with Crippen LogP contribution in [0.1, 0.15) is 30.5 Å². The van der Waals surface area contributed by atoms with Crippen LogP contribution in [0.15, 0.2) is 91.0 Å². The van der Waals surface area contributed by atoms with E-state index in [4.69, 9.17) is 107 Å². The fourth-order valence-electron chi connectivity index (χ4n) is 10.0. The lowest BCUT2D eigenvalue weighted by molar-refractivity contribution is 0.596. The Bertz CT molecular complexity index is 3310. The Labute approximate surface area is 379 Å². The first-order valence-corrected chi connectivity index (χ1v) is 19.8. The molecule has 10 rings (SSSR count). The molecule has 0 bridgehead atoms. The van der Waals surface area contributed by atoms with Gasteiger partial charge in [0.15, 0.2) is 0 Å². The molecule has 2 aliphatic carbocycles. The summed E-state index contributed by atoms with van der Waals surface area (Å²) in [4.78, 5) is 5.15. The topological polar surface area (TPSA) is 17.8 Å². The fraction of sp³-hybridized carbons (Fsp3) is 0.0851. The highest BCUT2D eigenvalue weighted by atomic mass is 15.1. The molecule has 0 saturated carbocycles. The van der Waals surface area contributed by atoms with Crippen LogP contribution in [0.4, 0.5) is 0 Å². The van der Waals surface area contributed by atoms with Gasteiger partial charge in [-0.2, -0.15) is 0 Å². The lowest BCUT2D eigenvalue weighted by Gasteiger charge is -2.38. The maximum absolute atomic E-state index is 7.27. The van der Waals surface area contributed by atoms with Crippen molar-refractivity contribution in [1.29, 1.82) is 0 Å². The van der Waals surface area contributed by atoms with Crippen molar-refractivity contribution in [3.8, 4) is 33.6 Å². The number of para-hydroxylation sites is 2. The van der Waals surface area contributed by atoms with Crippen LogP contribution in [0.25, 0.3) is 66.2 Å². The molecule has 2 nitrogen and oxygen atoms in total. The van der Waals surface area contributed by atoms with E-state index in [1.807, 2.05) is 65.3 Å². The van der Waals surface area contributed by atoms with Gasteiger partial charge in [-0.3, -0.25) is 0 Å². The zero-order chi connectivity index (χ0) is 44.1. The van der Waals surface area contributed by atoms with Gasteiger partial charge < -0.3 is 4.57 Å². The Kier molecular flexibility index (Phi) is 9.19. The molecule has 0 atom stereocenters. The molecule has 0 amide bonds. The molecule has 26 radical (unpaired) electrons. The Morgan fingerprint density at radius 3 is 1.50 bits per heavy atom. The van der Waals surface area contributed by atoms with Crippen molar-refractivity contribution in [3.05, 3.63) is 108 Å². The van der Waals surface area contributed by atoms with E-state index < -0.39 is 5.54 Å². The van der Waals surface area contributed by atoms with Crippen molar-refractivity contribution < 1.29 is 0 Å². The molecule has 1 aromatic heterocycles. The second-order valence-corrected chi connectivity index (χ2v) is 16.7. The lowest BCUT2D eigenvalue weighted by atomic mass is 9.58. The largest absolute Gasteiger partial charge is 0.306 e. The van der Waals surface area contributed by atoms with E-state index in [-0.39, 0.29) is 82.0 Å². The summed E-state index contributed by atoms with van der Waals surface area (Å²) in [5, 5.41) is 1.82. The van der Waals surface area contributed by atoms with E-state index in [9.17, 15) is 0 Å². The zero-order valence-electron chi connectivity index (χ0n) is 34.1. The van der Waals surface area contributed by atoms with Crippen molar-refractivity contribution in [2.75, 3.05) is 0 Å². The number of nitrogens with zero attached hydrogens (tertiary/aromatic N) is 2. The van der Waals surface area contributed by atoms with Crippen LogP contribution >= 0.6 is 0 Å². The molecule has 0 unspecified atom stereocenters. The number of hydrogen-bond donors (Lipinski definition) is 0. The van der Waals surface area contributed by atoms with Crippen LogP contribution in [0.5, 0.6) is 0 Å². The highest BCUT2D eigenvalue weighted by molar-refractivity contribution is 6.71. The lowest BCUT2D eigenvalue weighted by Crippen LogP contribution is -2.55. The highest BCUT2D eigenvalue weighted by Gasteiger charge is 2.41. The van der Waals surface area contributed by atoms with Crippen molar-refractivity contribution in [3.63, 3.8) is 0 Å². The van der Waals surface area contributed by atoms with Gasteiger partial charge in [0.05, 0.1) is 11.0 Å². The Morgan fingerprint density at radius 2 is 0.919 bits per heavy atom. The van der Waals surface area contributed by atoms with Crippen LogP contribution in [0.3, 0.4) is 0 Å². The van der Waals surface area contributed by atoms with Gasteiger partial charge in [-0.05, 0) is 73.1 Å². The summed E-state index contributed by atoms with van der Waals surface area (Å²) in [6.07, 6.45) is 7.72. The fourth-order valence-corrected chi connectivity index (χ4v) is 10.0. The third-order valence-corrected chi connectivity index (χ3v) is 13.3. The average molecular weight is 754 g/mol. The first-order chi connectivity index (χ1) is 29.4. The minimum Gasteiger partial charge on any atom is -0.306 e. The average Bonchev–Trinajstić information content (AvgIpc) is 3.97. The Hall–Kier alpha value is -5.15. The van der Waals surface area contributed by atoms with E-state index in [0.717, 1.165) is 22.3 Å². The Morgan fingerprint density at radius 1 is 0.452 bits per heavy atom. The maximum atomic E-state index is 7.27. The molecule has 258 valence electrons. The summed E-state index contributed by atoms with van der Waals surface area (Å²) in [5.74, 6) is 0.298. The molecule has 0 aliphatic heterocycles. The van der Waals surface area contributed by atoms with Crippen molar-refractivity contribution in [2.24, 2.45) is 0 Å². The summed E-state index contributed by atoms with van der Waals surface area (Å²) >= 11 is 0. The number of fused-ring (bicyclic) bond motifs is 6. The molecule has 7 aromatic carbocycles. The SMILES string of the molecule is [B]c1c([B])c([B])c(-c2nc3ccccc3n2C2(c3c4c([B])c([B])c([B])c([B])c4c(-c4ccc5c(c4)C(C)(C)c4ccccc4-5)c4c([B])c([B])c([B])c([B])c34)C=CC=C2)c([B])c1[B]. The molecular formula is C47H21B13N2. The van der Waals surface area contributed by atoms with Crippen LogP contribution in [0, 0.1) is 0 Å². The van der Waals surface area contributed by atoms with Gasteiger partial charge in [-0.1, -0.05) is 119 Å². The van der Waals surface area contributed by atoms with Crippen molar-refractivity contribution in [1.82, 2.24) is 9.55 Å². The van der Waals surface area contributed by atoms with Gasteiger partial charge in [0.1, 0.15) is 113 Å². The number of benzene rings is 7. The number of allylic oxidation sites excluding steroid dienone is 4. The maximum Gasteiger partial charge on any atom is 0.141 e. The summed E-state index contributed by atoms with van der Waals surface area (Å²) in [7, 11) is 89.1. The van der Waals surface area contributed by atoms with Gasteiger partial charge >= 0.3 is 0 Å². The van der Waals surface area contributed by atoms with Crippen molar-refractivity contribution >= 4 is 206 Å². The van der Waals surface area contributed by atoms with Crippen molar-refractivity contribution in [2.45, 2.75) is 24.8 Å². The molecule has 1 heterocycles. The van der Waals surface area contributed by atoms with Crippen LogP contribution in [-0.2, 0) is 11.0 Å². The third-order valence-electron chi connectivity index (χ3n) is 13.3. The molecule has 0 N–H and O–H groups in total. The van der Waals surface area contributed by atoms with E-state index in [1.165, 1.54) is 5.56 Å². The Balaban J connectivity index is 1.45. The van der Waals surface area contributed by atoms with Crippen LogP contribution in [0.2, 0.25) is 0 Å². The summed E-state index contributed by atoms with van der Waals surface area (Å²) in [6, 6.07) is 22.2. The van der Waals surface area contributed by atoms with Gasteiger partial charge in [0, 0.05) is 16.5 Å².